The Morgan fingerprint density at radius 2 is 1.44 bits per heavy atom. The van der Waals surface area contributed by atoms with E-state index in [9.17, 15) is 21.6 Å². The van der Waals surface area contributed by atoms with Crippen LogP contribution in [0.5, 0.6) is 0 Å². The minimum atomic E-state index is -4.49. The highest BCUT2D eigenvalue weighted by molar-refractivity contribution is 7.91. The molecule has 0 saturated carbocycles. The van der Waals surface area contributed by atoms with Crippen LogP contribution < -0.4 is 9.80 Å². The first-order valence-corrected chi connectivity index (χ1v) is 10.5. The third kappa shape index (κ3) is 3.19. The minimum Gasteiger partial charge on any atom is -0.312 e. The molecule has 2 aromatic rings. The summed E-state index contributed by atoms with van der Waals surface area (Å²) in [4.78, 5) is 3.29. The van der Waals surface area contributed by atoms with Crippen LogP contribution in [0.15, 0.2) is 54.6 Å². The van der Waals surface area contributed by atoms with Crippen molar-refractivity contribution in [3.8, 4) is 0 Å². The van der Waals surface area contributed by atoms with Gasteiger partial charge in [-0.15, -0.1) is 0 Å². The largest absolute Gasteiger partial charge is 0.416 e. The van der Waals surface area contributed by atoms with Crippen molar-refractivity contribution in [3.63, 3.8) is 0 Å². The van der Waals surface area contributed by atoms with Crippen molar-refractivity contribution in [1.29, 1.82) is 0 Å². The summed E-state index contributed by atoms with van der Waals surface area (Å²) in [6, 6.07) is 13.0. The van der Waals surface area contributed by atoms with Crippen LogP contribution in [-0.4, -0.2) is 37.1 Å². The van der Waals surface area contributed by atoms with Crippen molar-refractivity contribution in [2.24, 2.45) is 0 Å². The standard InChI is InChI=1S/C18H15F3N2O2S2/c19-18(20,21)12-5-4-8-14(9-12)23-16-11-27(24,25)10-15(16)22(17(23)26)13-6-2-1-3-7-13/h1-9,15-16H,10-11H2. The fourth-order valence-electron chi connectivity index (χ4n) is 3.73. The van der Waals surface area contributed by atoms with E-state index in [1.165, 1.54) is 12.1 Å². The Labute approximate surface area is 160 Å². The van der Waals surface area contributed by atoms with Crippen molar-refractivity contribution >= 4 is 38.5 Å². The molecule has 0 aromatic heterocycles. The summed E-state index contributed by atoms with van der Waals surface area (Å²) in [5.74, 6) is -0.223. The fraction of sp³-hybridized carbons (Fsp3) is 0.278. The molecular formula is C18H15F3N2O2S2. The lowest BCUT2D eigenvalue weighted by Gasteiger charge is -2.26. The van der Waals surface area contributed by atoms with Gasteiger partial charge in [0.15, 0.2) is 14.9 Å². The summed E-state index contributed by atoms with van der Waals surface area (Å²) in [5, 5.41) is 0.311. The van der Waals surface area contributed by atoms with Gasteiger partial charge in [-0.05, 0) is 42.5 Å². The van der Waals surface area contributed by atoms with Crippen LogP contribution in [0, 0.1) is 0 Å². The molecule has 2 aliphatic heterocycles. The van der Waals surface area contributed by atoms with Crippen LogP contribution in [0.1, 0.15) is 5.56 Å². The predicted molar refractivity (Wildman–Crippen MR) is 102 cm³/mol. The van der Waals surface area contributed by atoms with E-state index in [0.29, 0.717) is 5.11 Å². The lowest BCUT2D eigenvalue weighted by molar-refractivity contribution is -0.137. The summed E-state index contributed by atoms with van der Waals surface area (Å²) >= 11 is 5.57. The normalized spacial score (nSPS) is 24.3. The average Bonchev–Trinajstić information content (AvgIpc) is 3.03. The number of sulfone groups is 1. The first-order chi connectivity index (χ1) is 12.7. The SMILES string of the molecule is O=S1(=O)CC2C(C1)N(c1cccc(C(F)(F)F)c1)C(=S)N2c1ccccc1. The van der Waals surface area contributed by atoms with Crippen molar-refractivity contribution in [3.05, 3.63) is 60.2 Å². The molecule has 2 saturated heterocycles. The van der Waals surface area contributed by atoms with E-state index in [4.69, 9.17) is 12.2 Å². The van der Waals surface area contributed by atoms with Gasteiger partial charge in [-0.1, -0.05) is 24.3 Å². The zero-order valence-electron chi connectivity index (χ0n) is 13.9. The van der Waals surface area contributed by atoms with E-state index in [2.05, 4.69) is 0 Å². The Morgan fingerprint density at radius 1 is 0.889 bits per heavy atom. The summed E-state index contributed by atoms with van der Waals surface area (Å²) in [6.07, 6.45) is -4.49. The van der Waals surface area contributed by atoms with Crippen molar-refractivity contribution in [1.82, 2.24) is 0 Å². The van der Waals surface area contributed by atoms with E-state index in [-0.39, 0.29) is 17.2 Å². The molecule has 2 heterocycles. The molecule has 2 unspecified atom stereocenters. The van der Waals surface area contributed by atoms with Crippen molar-refractivity contribution in [2.45, 2.75) is 18.3 Å². The van der Waals surface area contributed by atoms with E-state index in [0.717, 1.165) is 17.8 Å². The maximum absolute atomic E-state index is 13.1. The Kier molecular flexibility index (Phi) is 4.19. The molecule has 2 atom stereocenters. The first kappa shape index (κ1) is 18.2. The van der Waals surface area contributed by atoms with Gasteiger partial charge in [-0.3, -0.25) is 0 Å². The molecule has 4 rings (SSSR count). The molecule has 4 nitrogen and oxygen atoms in total. The number of fused-ring (bicyclic) bond motifs is 1. The van der Waals surface area contributed by atoms with E-state index in [1.54, 1.807) is 9.80 Å². The lowest BCUT2D eigenvalue weighted by atomic mass is 10.1. The summed E-state index contributed by atoms with van der Waals surface area (Å²) < 4.78 is 63.9. The fourth-order valence-corrected chi connectivity index (χ4v) is 6.13. The lowest BCUT2D eigenvalue weighted by Crippen LogP contribution is -2.37. The Hall–Kier alpha value is -2.13. The number of para-hydroxylation sites is 1. The van der Waals surface area contributed by atoms with Crippen LogP contribution in [0.25, 0.3) is 0 Å². The molecule has 9 heteroatoms. The number of hydrogen-bond donors (Lipinski definition) is 0. The highest BCUT2D eigenvalue weighted by atomic mass is 32.2. The van der Waals surface area contributed by atoms with E-state index < -0.39 is 33.7 Å². The second-order valence-electron chi connectivity index (χ2n) is 6.62. The van der Waals surface area contributed by atoms with Gasteiger partial charge in [0, 0.05) is 11.4 Å². The number of anilines is 2. The highest BCUT2D eigenvalue weighted by Crippen LogP contribution is 2.39. The topological polar surface area (TPSA) is 40.6 Å². The molecule has 27 heavy (non-hydrogen) atoms. The van der Waals surface area contributed by atoms with Crippen LogP contribution in [0.4, 0.5) is 24.5 Å². The maximum atomic E-state index is 13.1. The molecule has 2 aliphatic rings. The molecule has 0 spiro atoms. The van der Waals surface area contributed by atoms with Crippen molar-refractivity contribution in [2.75, 3.05) is 21.3 Å². The summed E-state index contributed by atoms with van der Waals surface area (Å²) in [5.41, 5.74) is 0.183. The highest BCUT2D eigenvalue weighted by Gasteiger charge is 2.52. The number of halogens is 3. The Balaban J connectivity index is 1.80. The van der Waals surface area contributed by atoms with Crippen LogP contribution >= 0.6 is 12.2 Å². The second-order valence-corrected chi connectivity index (χ2v) is 9.14. The van der Waals surface area contributed by atoms with Gasteiger partial charge in [0.05, 0.1) is 29.2 Å². The molecular weight excluding hydrogens is 397 g/mol. The van der Waals surface area contributed by atoms with Crippen LogP contribution in [-0.2, 0) is 16.0 Å². The third-order valence-electron chi connectivity index (χ3n) is 4.86. The van der Waals surface area contributed by atoms with Crippen molar-refractivity contribution < 1.29 is 21.6 Å². The smallest absolute Gasteiger partial charge is 0.312 e. The van der Waals surface area contributed by atoms with E-state index in [1.807, 2.05) is 30.3 Å². The van der Waals surface area contributed by atoms with Crippen LogP contribution in [0.3, 0.4) is 0 Å². The second kappa shape index (κ2) is 6.20. The summed E-state index contributed by atoms with van der Waals surface area (Å²) in [6.45, 7) is 0. The molecule has 0 aliphatic carbocycles. The molecule has 142 valence electrons. The van der Waals surface area contributed by atoms with Gasteiger partial charge in [0.25, 0.3) is 0 Å². The molecule has 0 N–H and O–H groups in total. The van der Waals surface area contributed by atoms with Crippen LogP contribution in [0.2, 0.25) is 0 Å². The average molecular weight is 412 g/mol. The van der Waals surface area contributed by atoms with Gasteiger partial charge >= 0.3 is 6.18 Å². The van der Waals surface area contributed by atoms with E-state index >= 15 is 0 Å². The third-order valence-corrected chi connectivity index (χ3v) is 6.95. The predicted octanol–water partition coefficient (Wildman–Crippen LogP) is 3.48. The number of benzene rings is 2. The van der Waals surface area contributed by atoms with Gasteiger partial charge in [0.2, 0.25) is 0 Å². The van der Waals surface area contributed by atoms with Gasteiger partial charge in [-0.25, -0.2) is 8.42 Å². The van der Waals surface area contributed by atoms with Gasteiger partial charge in [-0.2, -0.15) is 13.2 Å². The zero-order chi connectivity index (χ0) is 19.4. The number of thiocarbonyl (C=S) groups is 1. The molecule has 2 fully saturated rings. The number of rotatable bonds is 2. The quantitative estimate of drug-likeness (QED) is 0.707. The Morgan fingerprint density at radius 3 is 2.04 bits per heavy atom. The Bertz CT molecular complexity index is 993. The molecule has 0 amide bonds. The summed E-state index contributed by atoms with van der Waals surface area (Å²) in [7, 11) is -3.31. The minimum absolute atomic E-state index is 0.0812. The first-order valence-electron chi connectivity index (χ1n) is 8.22. The number of hydrogen-bond acceptors (Lipinski definition) is 3. The monoisotopic (exact) mass is 412 g/mol. The number of alkyl halides is 3. The molecule has 0 bridgehead atoms. The maximum Gasteiger partial charge on any atom is 0.416 e. The molecule has 2 aromatic carbocycles. The molecule has 0 radical (unpaired) electrons. The van der Waals surface area contributed by atoms with Gasteiger partial charge in [0.1, 0.15) is 0 Å². The van der Waals surface area contributed by atoms with Gasteiger partial charge < -0.3 is 9.80 Å². The zero-order valence-corrected chi connectivity index (χ0v) is 15.6. The number of nitrogens with zero attached hydrogens (tertiary/aromatic N) is 2.